The average molecular weight is 375 g/mol. The molecular weight excluding hydrogens is 358 g/mol. The molecule has 1 aromatic heterocycles. The molecule has 26 heavy (non-hydrogen) atoms. The van der Waals surface area contributed by atoms with E-state index >= 15 is 0 Å². The number of carbonyl (C=O) groups excluding carboxylic acids is 1. The van der Waals surface area contributed by atoms with Crippen LogP contribution in [-0.4, -0.2) is 29.5 Å². The first-order valence-corrected chi connectivity index (χ1v) is 9.32. The zero-order valence-corrected chi connectivity index (χ0v) is 14.8. The Morgan fingerprint density at radius 2 is 1.65 bits per heavy atom. The Hall–Kier alpha value is -2.91. The molecule has 1 N–H and O–H groups in total. The maximum atomic E-state index is 13.0. The molecule has 9 heteroatoms. The molecule has 0 aliphatic rings. The number of fused-ring (bicyclic) bond motifs is 1. The van der Waals surface area contributed by atoms with E-state index in [1.54, 1.807) is 43.3 Å². The van der Waals surface area contributed by atoms with Crippen molar-refractivity contribution in [1.82, 2.24) is 14.0 Å². The number of imidazole rings is 1. The predicted octanol–water partition coefficient (Wildman–Crippen LogP) is 1.11. The lowest BCUT2D eigenvalue weighted by atomic mass is 10.3. The number of rotatable bonds is 6. The van der Waals surface area contributed by atoms with E-state index in [1.165, 1.54) is 18.2 Å². The number of hydroxylamine groups is 1. The summed E-state index contributed by atoms with van der Waals surface area (Å²) in [6, 6.07) is 14.1. The van der Waals surface area contributed by atoms with E-state index < -0.39 is 21.6 Å². The third-order valence-electron chi connectivity index (χ3n) is 3.71. The minimum atomic E-state index is -4.11. The summed E-state index contributed by atoms with van der Waals surface area (Å²) in [5.41, 5.74) is 1.91. The second kappa shape index (κ2) is 7.14. The highest BCUT2D eigenvalue weighted by Gasteiger charge is 2.25. The molecule has 1 heterocycles. The first kappa shape index (κ1) is 17.9. The highest BCUT2D eigenvalue weighted by Crippen LogP contribution is 2.19. The number of para-hydroxylation sites is 2. The quantitative estimate of drug-likeness (QED) is 0.651. The van der Waals surface area contributed by atoms with Crippen LogP contribution in [0.5, 0.6) is 0 Å². The van der Waals surface area contributed by atoms with E-state index in [1.807, 2.05) is 0 Å². The Morgan fingerprint density at radius 3 is 2.31 bits per heavy atom. The number of hydrogen-bond donors (Lipinski definition) is 1. The zero-order chi connectivity index (χ0) is 18.7. The van der Waals surface area contributed by atoms with Crippen LogP contribution in [0.4, 0.5) is 0 Å². The molecule has 0 aliphatic heterocycles. The second-order valence-corrected chi connectivity index (χ2v) is 7.18. The maximum Gasteiger partial charge on any atom is 0.343 e. The molecule has 0 fully saturated rings. The van der Waals surface area contributed by atoms with Crippen molar-refractivity contribution >= 4 is 27.0 Å². The van der Waals surface area contributed by atoms with Crippen LogP contribution in [0.2, 0.25) is 0 Å². The Balaban J connectivity index is 2.18. The van der Waals surface area contributed by atoms with Crippen molar-refractivity contribution in [1.29, 1.82) is 0 Å². The standard InChI is InChI=1S/C17H17N3O5S/c1-2-25-18-16(21)12-19-14-10-6-7-11-15(14)20(17(19)22)26(23,24)13-8-4-3-5-9-13/h3-11H,2,12H2,1H3,(H,18,21). The number of carbonyl (C=O) groups is 1. The number of hydrogen-bond acceptors (Lipinski definition) is 5. The van der Waals surface area contributed by atoms with Crippen molar-refractivity contribution in [3.63, 3.8) is 0 Å². The Morgan fingerprint density at radius 1 is 1.04 bits per heavy atom. The number of nitrogens with zero attached hydrogens (tertiary/aromatic N) is 2. The van der Waals surface area contributed by atoms with Gasteiger partial charge in [0.15, 0.2) is 0 Å². The van der Waals surface area contributed by atoms with E-state index in [0.717, 1.165) is 4.57 Å². The van der Waals surface area contributed by atoms with Crippen LogP contribution in [0.15, 0.2) is 64.3 Å². The van der Waals surface area contributed by atoms with E-state index in [2.05, 4.69) is 5.48 Å². The van der Waals surface area contributed by atoms with Crippen molar-refractivity contribution in [3.8, 4) is 0 Å². The molecule has 0 radical (unpaired) electrons. The molecule has 0 saturated heterocycles. The number of amides is 1. The number of nitrogens with one attached hydrogen (secondary N) is 1. The minimum absolute atomic E-state index is 0.0104. The van der Waals surface area contributed by atoms with Crippen molar-refractivity contribution in [2.75, 3.05) is 6.61 Å². The van der Waals surface area contributed by atoms with E-state index in [-0.39, 0.29) is 23.6 Å². The van der Waals surface area contributed by atoms with Gasteiger partial charge < -0.3 is 0 Å². The number of benzene rings is 2. The number of aromatic nitrogens is 2. The van der Waals surface area contributed by atoms with Crippen LogP contribution in [0, 0.1) is 0 Å². The van der Waals surface area contributed by atoms with E-state index in [4.69, 9.17) is 4.84 Å². The van der Waals surface area contributed by atoms with E-state index in [9.17, 15) is 18.0 Å². The summed E-state index contributed by atoms with van der Waals surface area (Å²) in [5, 5.41) is 0. The van der Waals surface area contributed by atoms with Crippen molar-refractivity contribution in [3.05, 3.63) is 65.1 Å². The molecule has 0 unspecified atom stereocenters. The summed E-state index contributed by atoms with van der Waals surface area (Å²) < 4.78 is 27.7. The smallest absolute Gasteiger partial charge is 0.282 e. The summed E-state index contributed by atoms with van der Waals surface area (Å²) in [5.74, 6) is -0.561. The molecule has 8 nitrogen and oxygen atoms in total. The predicted molar refractivity (Wildman–Crippen MR) is 95.0 cm³/mol. The van der Waals surface area contributed by atoms with Gasteiger partial charge in [0.2, 0.25) is 0 Å². The highest BCUT2D eigenvalue weighted by molar-refractivity contribution is 7.90. The minimum Gasteiger partial charge on any atom is -0.282 e. The molecule has 1 amide bonds. The van der Waals surface area contributed by atoms with Gasteiger partial charge in [0.05, 0.1) is 22.5 Å². The lowest BCUT2D eigenvalue weighted by molar-refractivity contribution is -0.133. The van der Waals surface area contributed by atoms with Gasteiger partial charge in [0.1, 0.15) is 6.54 Å². The zero-order valence-electron chi connectivity index (χ0n) is 14.0. The first-order chi connectivity index (χ1) is 12.5. The lowest BCUT2D eigenvalue weighted by Crippen LogP contribution is -2.34. The summed E-state index contributed by atoms with van der Waals surface area (Å²) >= 11 is 0. The maximum absolute atomic E-state index is 13.0. The van der Waals surface area contributed by atoms with Gasteiger partial charge in [-0.1, -0.05) is 30.3 Å². The summed E-state index contributed by atoms with van der Waals surface area (Å²) in [6.07, 6.45) is 0. The fourth-order valence-electron chi connectivity index (χ4n) is 2.59. The van der Waals surface area contributed by atoms with Crippen LogP contribution in [-0.2, 0) is 26.2 Å². The molecular formula is C17H17N3O5S. The largest absolute Gasteiger partial charge is 0.343 e. The molecule has 2 aromatic carbocycles. The fourth-order valence-corrected chi connectivity index (χ4v) is 4.02. The van der Waals surface area contributed by atoms with Gasteiger partial charge in [0.25, 0.3) is 15.9 Å². The second-order valence-electron chi connectivity index (χ2n) is 5.40. The van der Waals surface area contributed by atoms with Crippen LogP contribution in [0.25, 0.3) is 11.0 Å². The van der Waals surface area contributed by atoms with Gasteiger partial charge in [-0.25, -0.2) is 18.7 Å². The Labute approximate surface area is 149 Å². The molecule has 3 rings (SSSR count). The molecule has 0 bridgehead atoms. The van der Waals surface area contributed by atoms with Gasteiger partial charge in [0, 0.05) is 0 Å². The third kappa shape index (κ3) is 3.14. The van der Waals surface area contributed by atoms with Crippen LogP contribution in [0.1, 0.15) is 6.92 Å². The average Bonchev–Trinajstić information content (AvgIpc) is 2.93. The van der Waals surface area contributed by atoms with E-state index in [0.29, 0.717) is 9.49 Å². The van der Waals surface area contributed by atoms with Crippen molar-refractivity contribution in [2.45, 2.75) is 18.4 Å². The lowest BCUT2D eigenvalue weighted by Gasteiger charge is -2.05. The Bertz CT molecular complexity index is 1100. The summed E-state index contributed by atoms with van der Waals surface area (Å²) in [4.78, 5) is 29.6. The molecule has 136 valence electrons. The van der Waals surface area contributed by atoms with Gasteiger partial charge in [-0.3, -0.25) is 14.2 Å². The van der Waals surface area contributed by atoms with Crippen molar-refractivity contribution < 1.29 is 18.0 Å². The van der Waals surface area contributed by atoms with Gasteiger partial charge in [-0.2, -0.15) is 3.97 Å². The fraction of sp³-hybridized carbons (Fsp3) is 0.176. The first-order valence-electron chi connectivity index (χ1n) is 7.88. The summed E-state index contributed by atoms with van der Waals surface area (Å²) in [7, 11) is -4.11. The highest BCUT2D eigenvalue weighted by atomic mass is 32.2. The Kier molecular flexibility index (Phi) is 4.92. The van der Waals surface area contributed by atoms with Crippen LogP contribution in [0.3, 0.4) is 0 Å². The topological polar surface area (TPSA) is 99.4 Å². The van der Waals surface area contributed by atoms with Crippen LogP contribution >= 0.6 is 0 Å². The van der Waals surface area contributed by atoms with Gasteiger partial charge >= 0.3 is 5.69 Å². The third-order valence-corrected chi connectivity index (χ3v) is 5.41. The summed E-state index contributed by atoms with van der Waals surface area (Å²) in [6.45, 7) is 1.60. The van der Waals surface area contributed by atoms with Crippen molar-refractivity contribution in [2.24, 2.45) is 0 Å². The molecule has 0 atom stereocenters. The van der Waals surface area contributed by atoms with Gasteiger partial charge in [-0.05, 0) is 31.2 Å². The molecule has 0 spiro atoms. The normalized spacial score (nSPS) is 11.6. The molecule has 0 saturated carbocycles. The SMILES string of the molecule is CCONC(=O)Cn1c(=O)n(S(=O)(=O)c2ccccc2)c2ccccc21. The van der Waals surface area contributed by atoms with Gasteiger partial charge in [-0.15, -0.1) is 0 Å². The molecule has 3 aromatic rings. The monoisotopic (exact) mass is 375 g/mol. The molecule has 0 aliphatic carbocycles. The van der Waals surface area contributed by atoms with Crippen LogP contribution < -0.4 is 11.2 Å².